The first-order chi connectivity index (χ1) is 13.9. The summed E-state index contributed by atoms with van der Waals surface area (Å²) in [4.78, 5) is 25.9. The fourth-order valence-corrected chi connectivity index (χ4v) is 2.73. The molecule has 0 unspecified atom stereocenters. The van der Waals surface area contributed by atoms with Gasteiger partial charge >= 0.3 is 0 Å². The number of nitrogens with zero attached hydrogens (tertiary/aromatic N) is 1. The van der Waals surface area contributed by atoms with Crippen LogP contribution in [-0.2, 0) is 16.0 Å². The van der Waals surface area contributed by atoms with Gasteiger partial charge in [-0.3, -0.25) is 9.59 Å². The van der Waals surface area contributed by atoms with Crippen LogP contribution in [0.5, 0.6) is 11.5 Å². The molecular formula is C22H27FN2O4. The first kappa shape index (κ1) is 22.2. The topological polar surface area (TPSA) is 67.9 Å². The van der Waals surface area contributed by atoms with Crippen LogP contribution in [0.25, 0.3) is 0 Å². The van der Waals surface area contributed by atoms with Crippen molar-refractivity contribution in [2.75, 3.05) is 32.1 Å². The highest BCUT2D eigenvalue weighted by molar-refractivity contribution is 5.94. The van der Waals surface area contributed by atoms with E-state index < -0.39 is 0 Å². The van der Waals surface area contributed by atoms with E-state index in [0.717, 1.165) is 5.56 Å². The zero-order valence-electron chi connectivity index (χ0n) is 17.0. The zero-order chi connectivity index (χ0) is 21.2. The average molecular weight is 402 g/mol. The predicted molar refractivity (Wildman–Crippen MR) is 110 cm³/mol. The maximum absolute atomic E-state index is 12.9. The molecule has 0 saturated heterocycles. The lowest BCUT2D eigenvalue weighted by molar-refractivity contribution is -0.133. The molecule has 29 heavy (non-hydrogen) atoms. The van der Waals surface area contributed by atoms with Crippen molar-refractivity contribution in [3.63, 3.8) is 0 Å². The Hall–Kier alpha value is -3.09. The maximum Gasteiger partial charge on any atom is 0.243 e. The average Bonchev–Trinajstić information content (AvgIpc) is 2.69. The molecule has 0 heterocycles. The van der Waals surface area contributed by atoms with Gasteiger partial charge in [0.15, 0.2) is 11.5 Å². The van der Waals surface area contributed by atoms with E-state index in [9.17, 15) is 14.0 Å². The van der Waals surface area contributed by atoms with Crippen molar-refractivity contribution in [2.24, 2.45) is 0 Å². The van der Waals surface area contributed by atoms with Crippen molar-refractivity contribution in [2.45, 2.75) is 26.7 Å². The summed E-state index contributed by atoms with van der Waals surface area (Å²) in [6.07, 6.45) is 0.731. The van der Waals surface area contributed by atoms with E-state index in [1.807, 2.05) is 13.8 Å². The second-order valence-corrected chi connectivity index (χ2v) is 6.45. The number of nitrogens with one attached hydrogen (secondary N) is 1. The summed E-state index contributed by atoms with van der Waals surface area (Å²) in [5.41, 5.74) is 1.43. The van der Waals surface area contributed by atoms with E-state index in [4.69, 9.17) is 9.47 Å². The second kappa shape index (κ2) is 11.0. The molecule has 7 heteroatoms. The molecule has 0 aliphatic carbocycles. The summed E-state index contributed by atoms with van der Waals surface area (Å²) < 4.78 is 24.0. The van der Waals surface area contributed by atoms with Gasteiger partial charge in [-0.2, -0.15) is 0 Å². The fraction of sp³-hybridized carbons (Fsp3) is 0.364. The van der Waals surface area contributed by atoms with Crippen molar-refractivity contribution in [1.29, 1.82) is 0 Å². The van der Waals surface area contributed by atoms with Gasteiger partial charge in [-0.1, -0.05) is 12.1 Å². The van der Waals surface area contributed by atoms with Crippen LogP contribution in [-0.4, -0.2) is 43.5 Å². The van der Waals surface area contributed by atoms with Crippen LogP contribution in [0.15, 0.2) is 42.5 Å². The van der Waals surface area contributed by atoms with Gasteiger partial charge in [0.25, 0.3) is 0 Å². The van der Waals surface area contributed by atoms with E-state index in [2.05, 4.69) is 5.32 Å². The Balaban J connectivity index is 1.87. The molecule has 1 N–H and O–H groups in total. The number of carbonyl (C=O) groups excluding carboxylic acids is 2. The molecule has 0 saturated carbocycles. The standard InChI is InChI=1S/C22H27FN2O4/c1-4-28-19-12-11-18(14-20(19)29-5-2)24-21(26)15-25(3)22(27)13-8-16-6-9-17(23)10-7-16/h6-7,9-12,14H,4-5,8,13,15H2,1-3H3,(H,24,26). The van der Waals surface area contributed by atoms with Crippen molar-refractivity contribution in [1.82, 2.24) is 4.90 Å². The minimum atomic E-state index is -0.311. The number of hydrogen-bond donors (Lipinski definition) is 1. The van der Waals surface area contributed by atoms with Gasteiger partial charge in [0.2, 0.25) is 11.8 Å². The molecule has 0 bridgehead atoms. The highest BCUT2D eigenvalue weighted by Gasteiger charge is 2.14. The molecule has 0 spiro atoms. The van der Waals surface area contributed by atoms with Gasteiger partial charge in [-0.15, -0.1) is 0 Å². The van der Waals surface area contributed by atoms with E-state index in [1.54, 1.807) is 37.4 Å². The van der Waals surface area contributed by atoms with Crippen LogP contribution < -0.4 is 14.8 Å². The Morgan fingerprint density at radius 2 is 1.66 bits per heavy atom. The normalized spacial score (nSPS) is 10.3. The third-order valence-electron chi connectivity index (χ3n) is 4.17. The fourth-order valence-electron chi connectivity index (χ4n) is 2.73. The first-order valence-electron chi connectivity index (χ1n) is 9.60. The molecule has 0 fully saturated rings. The smallest absolute Gasteiger partial charge is 0.243 e. The van der Waals surface area contributed by atoms with E-state index >= 15 is 0 Å². The number of carbonyl (C=O) groups is 2. The highest BCUT2D eigenvalue weighted by atomic mass is 19.1. The van der Waals surface area contributed by atoms with Gasteiger partial charge in [-0.25, -0.2) is 4.39 Å². The maximum atomic E-state index is 12.9. The summed E-state index contributed by atoms with van der Waals surface area (Å²) in [5.74, 6) is 0.382. The highest BCUT2D eigenvalue weighted by Crippen LogP contribution is 2.30. The second-order valence-electron chi connectivity index (χ2n) is 6.45. The largest absolute Gasteiger partial charge is 0.490 e. The van der Waals surface area contributed by atoms with E-state index in [0.29, 0.717) is 36.8 Å². The van der Waals surface area contributed by atoms with Gasteiger partial charge in [0.05, 0.1) is 19.8 Å². The van der Waals surface area contributed by atoms with Gasteiger partial charge in [-0.05, 0) is 50.1 Å². The number of ether oxygens (including phenoxy) is 2. The number of hydrogen-bond acceptors (Lipinski definition) is 4. The number of rotatable bonds is 10. The van der Waals surface area contributed by atoms with E-state index in [1.165, 1.54) is 17.0 Å². The Morgan fingerprint density at radius 3 is 2.31 bits per heavy atom. The van der Waals surface area contributed by atoms with Crippen LogP contribution in [0.2, 0.25) is 0 Å². The summed E-state index contributed by atoms with van der Waals surface area (Å²) in [6.45, 7) is 4.67. The molecule has 0 aromatic heterocycles. The Labute approximate surface area is 170 Å². The number of aryl methyl sites for hydroxylation is 1. The van der Waals surface area contributed by atoms with E-state index in [-0.39, 0.29) is 30.6 Å². The molecule has 2 amide bonds. The SMILES string of the molecule is CCOc1ccc(NC(=O)CN(C)C(=O)CCc2ccc(F)cc2)cc1OCC. The molecule has 0 atom stereocenters. The van der Waals surface area contributed by atoms with Gasteiger partial charge in [0.1, 0.15) is 5.82 Å². The lowest BCUT2D eigenvalue weighted by Gasteiger charge is -2.17. The summed E-state index contributed by atoms with van der Waals surface area (Å²) in [7, 11) is 1.58. The lowest BCUT2D eigenvalue weighted by Crippen LogP contribution is -2.35. The summed E-state index contributed by atoms with van der Waals surface area (Å²) in [6, 6.07) is 11.2. The Kier molecular flexibility index (Phi) is 8.45. The molecule has 2 rings (SSSR count). The van der Waals surface area contributed by atoms with Crippen molar-refractivity contribution in [3.8, 4) is 11.5 Å². The Bertz CT molecular complexity index is 824. The third-order valence-corrected chi connectivity index (χ3v) is 4.17. The predicted octanol–water partition coefficient (Wildman–Crippen LogP) is 3.65. The molecule has 0 aliphatic heterocycles. The van der Waals surface area contributed by atoms with Crippen LogP contribution in [0.4, 0.5) is 10.1 Å². The number of likely N-dealkylation sites (N-methyl/N-ethyl adjacent to an activating group) is 1. The third kappa shape index (κ3) is 7.10. The number of anilines is 1. The van der Waals surface area contributed by atoms with Crippen molar-refractivity contribution >= 4 is 17.5 Å². The number of amides is 2. The summed E-state index contributed by atoms with van der Waals surface area (Å²) >= 11 is 0. The molecule has 2 aromatic rings. The minimum Gasteiger partial charge on any atom is -0.490 e. The molecule has 6 nitrogen and oxygen atoms in total. The van der Waals surface area contributed by atoms with Crippen LogP contribution in [0.1, 0.15) is 25.8 Å². The molecule has 0 radical (unpaired) electrons. The lowest BCUT2D eigenvalue weighted by atomic mass is 10.1. The Morgan fingerprint density at radius 1 is 1.00 bits per heavy atom. The van der Waals surface area contributed by atoms with Gasteiger partial charge in [0, 0.05) is 25.2 Å². The zero-order valence-corrected chi connectivity index (χ0v) is 17.0. The van der Waals surface area contributed by atoms with Crippen LogP contribution >= 0.6 is 0 Å². The quantitative estimate of drug-likeness (QED) is 0.659. The van der Waals surface area contributed by atoms with Crippen molar-refractivity contribution in [3.05, 3.63) is 53.8 Å². The summed E-state index contributed by atoms with van der Waals surface area (Å²) in [5, 5.41) is 2.77. The number of halogens is 1. The first-order valence-corrected chi connectivity index (χ1v) is 9.60. The number of benzene rings is 2. The molecule has 156 valence electrons. The van der Waals surface area contributed by atoms with Crippen LogP contribution in [0, 0.1) is 5.82 Å². The minimum absolute atomic E-state index is 0.0700. The molecule has 2 aromatic carbocycles. The van der Waals surface area contributed by atoms with Crippen LogP contribution in [0.3, 0.4) is 0 Å². The van der Waals surface area contributed by atoms with Crippen molar-refractivity contribution < 1.29 is 23.5 Å². The monoisotopic (exact) mass is 402 g/mol. The molecular weight excluding hydrogens is 375 g/mol. The molecule has 0 aliphatic rings. The van der Waals surface area contributed by atoms with Gasteiger partial charge < -0.3 is 19.7 Å².